The van der Waals surface area contributed by atoms with Crippen molar-refractivity contribution in [1.82, 2.24) is 10.6 Å². The Morgan fingerprint density at radius 3 is 2.68 bits per heavy atom. The van der Waals surface area contributed by atoms with Crippen LogP contribution in [0.15, 0.2) is 0 Å². The third-order valence-corrected chi connectivity index (χ3v) is 3.74. The van der Waals surface area contributed by atoms with Crippen LogP contribution < -0.4 is 10.6 Å². The molecule has 0 aliphatic heterocycles. The fraction of sp³-hybridized carbons (Fsp3) is 0.846. The fourth-order valence-corrected chi connectivity index (χ4v) is 2.47. The molecule has 0 radical (unpaired) electrons. The molecule has 19 heavy (non-hydrogen) atoms. The number of likely N-dealkylation sites (N-methyl/N-ethyl adjacent to an activating group) is 1. The minimum Gasteiger partial charge on any atom is -0.465 e. The first-order valence-corrected chi connectivity index (χ1v) is 8.10. The normalized spacial score (nSPS) is 15.9. The van der Waals surface area contributed by atoms with Crippen LogP contribution in [0.2, 0.25) is 0 Å². The van der Waals surface area contributed by atoms with Crippen LogP contribution in [0.25, 0.3) is 0 Å². The third-order valence-electron chi connectivity index (χ3n) is 2.75. The Labute approximate surface area is 119 Å². The molecule has 110 valence electrons. The molecule has 0 aromatic carbocycles. The van der Waals surface area contributed by atoms with Gasteiger partial charge in [0.2, 0.25) is 5.91 Å². The Bertz CT molecular complexity index is 296. The van der Waals surface area contributed by atoms with Gasteiger partial charge < -0.3 is 15.4 Å². The van der Waals surface area contributed by atoms with E-state index in [9.17, 15) is 9.59 Å². The third kappa shape index (κ3) is 7.42. The van der Waals surface area contributed by atoms with Gasteiger partial charge in [-0.3, -0.25) is 9.59 Å². The molecule has 0 heterocycles. The lowest BCUT2D eigenvalue weighted by Gasteiger charge is -2.15. The highest BCUT2D eigenvalue weighted by Crippen LogP contribution is 2.18. The molecule has 1 aliphatic carbocycles. The molecule has 1 aliphatic rings. The molecule has 1 atom stereocenters. The van der Waals surface area contributed by atoms with Crippen LogP contribution in [0.1, 0.15) is 33.1 Å². The molecule has 6 heteroatoms. The van der Waals surface area contributed by atoms with E-state index in [0.29, 0.717) is 24.8 Å². The summed E-state index contributed by atoms with van der Waals surface area (Å²) in [4.78, 5) is 23.1. The predicted molar refractivity (Wildman–Crippen MR) is 77.2 cm³/mol. The molecule has 1 amide bonds. The summed E-state index contributed by atoms with van der Waals surface area (Å²) in [6.45, 7) is 4.90. The van der Waals surface area contributed by atoms with Gasteiger partial charge in [0.1, 0.15) is 6.04 Å². The van der Waals surface area contributed by atoms with E-state index in [4.69, 9.17) is 4.74 Å². The van der Waals surface area contributed by atoms with Crippen molar-refractivity contribution >= 4 is 23.6 Å². The van der Waals surface area contributed by atoms with Crippen LogP contribution in [-0.2, 0) is 14.3 Å². The monoisotopic (exact) mass is 288 g/mol. The maximum absolute atomic E-state index is 11.6. The zero-order valence-electron chi connectivity index (χ0n) is 11.7. The number of rotatable bonds is 10. The lowest BCUT2D eigenvalue weighted by Crippen LogP contribution is -2.38. The summed E-state index contributed by atoms with van der Waals surface area (Å²) in [5, 5.41) is 6.05. The molecule has 0 aromatic rings. The molecule has 0 saturated heterocycles. The SMILES string of the molecule is CCNC(CCSCC(=O)NC1CC1)C(=O)OCC. The van der Waals surface area contributed by atoms with Gasteiger partial charge in [-0.2, -0.15) is 11.8 Å². The maximum atomic E-state index is 11.6. The van der Waals surface area contributed by atoms with E-state index in [1.807, 2.05) is 6.92 Å². The van der Waals surface area contributed by atoms with Gasteiger partial charge in [-0.1, -0.05) is 6.92 Å². The number of ether oxygens (including phenoxy) is 1. The number of carbonyl (C=O) groups excluding carboxylic acids is 2. The number of esters is 1. The summed E-state index contributed by atoms with van der Waals surface area (Å²) in [6.07, 6.45) is 2.91. The van der Waals surface area contributed by atoms with Crippen molar-refractivity contribution in [2.75, 3.05) is 24.7 Å². The smallest absolute Gasteiger partial charge is 0.323 e. The molecule has 0 aromatic heterocycles. The highest BCUT2D eigenvalue weighted by molar-refractivity contribution is 7.99. The Morgan fingerprint density at radius 2 is 2.11 bits per heavy atom. The minimum absolute atomic E-state index is 0.101. The largest absolute Gasteiger partial charge is 0.465 e. The van der Waals surface area contributed by atoms with Gasteiger partial charge in [-0.25, -0.2) is 0 Å². The molecule has 1 saturated carbocycles. The lowest BCUT2D eigenvalue weighted by atomic mass is 10.2. The summed E-state index contributed by atoms with van der Waals surface area (Å²) in [5.41, 5.74) is 0. The van der Waals surface area contributed by atoms with Crippen LogP contribution in [-0.4, -0.2) is 48.6 Å². The summed E-state index contributed by atoms with van der Waals surface area (Å²) in [5.74, 6) is 1.14. The second-order valence-electron chi connectivity index (χ2n) is 4.55. The number of thioether (sulfide) groups is 1. The number of nitrogens with one attached hydrogen (secondary N) is 2. The van der Waals surface area contributed by atoms with E-state index in [1.165, 1.54) is 0 Å². The van der Waals surface area contributed by atoms with Gasteiger partial charge in [0.25, 0.3) is 0 Å². The Morgan fingerprint density at radius 1 is 1.37 bits per heavy atom. The first kappa shape index (κ1) is 16.3. The van der Waals surface area contributed by atoms with Crippen molar-refractivity contribution in [3.8, 4) is 0 Å². The van der Waals surface area contributed by atoms with Crippen LogP contribution in [0.3, 0.4) is 0 Å². The van der Waals surface area contributed by atoms with Crippen LogP contribution in [0, 0.1) is 0 Å². The molecular weight excluding hydrogens is 264 g/mol. The summed E-state index contributed by atoms with van der Waals surface area (Å²) in [6, 6.07) is 0.158. The fourth-order valence-electron chi connectivity index (χ4n) is 1.66. The second kappa shape index (κ2) is 9.20. The summed E-state index contributed by atoms with van der Waals surface area (Å²) >= 11 is 1.56. The molecule has 0 spiro atoms. The minimum atomic E-state index is -0.260. The van der Waals surface area contributed by atoms with Crippen molar-refractivity contribution in [3.63, 3.8) is 0 Å². The lowest BCUT2D eigenvalue weighted by molar-refractivity contribution is -0.145. The van der Waals surface area contributed by atoms with E-state index < -0.39 is 0 Å². The van der Waals surface area contributed by atoms with Crippen molar-refractivity contribution in [2.24, 2.45) is 0 Å². The van der Waals surface area contributed by atoms with Gasteiger partial charge in [0.15, 0.2) is 0 Å². The van der Waals surface area contributed by atoms with Crippen LogP contribution in [0.5, 0.6) is 0 Å². The molecule has 5 nitrogen and oxygen atoms in total. The molecule has 1 unspecified atom stereocenters. The molecule has 1 rings (SSSR count). The van der Waals surface area contributed by atoms with Gasteiger partial charge >= 0.3 is 5.97 Å². The van der Waals surface area contributed by atoms with Crippen LogP contribution >= 0.6 is 11.8 Å². The van der Waals surface area contributed by atoms with E-state index in [-0.39, 0.29) is 17.9 Å². The standard InChI is InChI=1S/C13H24N2O3S/c1-3-14-11(13(17)18-4-2)7-8-19-9-12(16)15-10-5-6-10/h10-11,14H,3-9H2,1-2H3,(H,15,16). The topological polar surface area (TPSA) is 67.4 Å². The zero-order chi connectivity index (χ0) is 14.1. The van der Waals surface area contributed by atoms with Crippen molar-refractivity contribution in [2.45, 2.75) is 45.2 Å². The van der Waals surface area contributed by atoms with Crippen molar-refractivity contribution < 1.29 is 14.3 Å². The average molecular weight is 288 g/mol. The molecule has 1 fully saturated rings. The predicted octanol–water partition coefficient (Wildman–Crippen LogP) is 0.929. The number of amides is 1. The van der Waals surface area contributed by atoms with Gasteiger partial charge in [0.05, 0.1) is 12.4 Å². The van der Waals surface area contributed by atoms with Crippen molar-refractivity contribution in [1.29, 1.82) is 0 Å². The maximum Gasteiger partial charge on any atom is 0.323 e. The van der Waals surface area contributed by atoms with E-state index in [2.05, 4.69) is 10.6 Å². The Kier molecular flexibility index (Phi) is 7.90. The zero-order valence-corrected chi connectivity index (χ0v) is 12.6. The second-order valence-corrected chi connectivity index (χ2v) is 5.65. The van der Waals surface area contributed by atoms with Gasteiger partial charge in [0, 0.05) is 6.04 Å². The number of carbonyl (C=O) groups is 2. The van der Waals surface area contributed by atoms with Crippen molar-refractivity contribution in [3.05, 3.63) is 0 Å². The Hall–Kier alpha value is -0.750. The highest BCUT2D eigenvalue weighted by atomic mass is 32.2. The van der Waals surface area contributed by atoms with Gasteiger partial charge in [-0.15, -0.1) is 0 Å². The van der Waals surface area contributed by atoms with E-state index >= 15 is 0 Å². The van der Waals surface area contributed by atoms with Crippen LogP contribution in [0.4, 0.5) is 0 Å². The highest BCUT2D eigenvalue weighted by Gasteiger charge is 2.23. The summed E-state index contributed by atoms with van der Waals surface area (Å²) < 4.78 is 5.01. The number of hydrogen-bond donors (Lipinski definition) is 2. The Balaban J connectivity index is 2.12. The average Bonchev–Trinajstić information content (AvgIpc) is 3.17. The molecule has 0 bridgehead atoms. The molecular formula is C13H24N2O3S. The first-order valence-electron chi connectivity index (χ1n) is 6.94. The first-order chi connectivity index (χ1) is 9.17. The quantitative estimate of drug-likeness (QED) is 0.462. The van der Waals surface area contributed by atoms with Gasteiger partial charge in [-0.05, 0) is 38.5 Å². The van der Waals surface area contributed by atoms with E-state index in [1.54, 1.807) is 18.7 Å². The summed E-state index contributed by atoms with van der Waals surface area (Å²) in [7, 11) is 0. The van der Waals surface area contributed by atoms with E-state index in [0.717, 1.165) is 25.1 Å². The number of hydrogen-bond acceptors (Lipinski definition) is 5. The molecule has 2 N–H and O–H groups in total.